The molecule has 0 bridgehead atoms. The van der Waals surface area contributed by atoms with Gasteiger partial charge in [-0.05, 0) is 12.2 Å². The summed E-state index contributed by atoms with van der Waals surface area (Å²) in [6.45, 7) is 0. The van der Waals surface area contributed by atoms with Crippen molar-refractivity contribution in [3.63, 3.8) is 0 Å². The molecular formula is C6H5F3. The van der Waals surface area contributed by atoms with Gasteiger partial charge in [0.15, 0.2) is 0 Å². The second kappa shape index (κ2) is 5.15. The molecule has 0 nitrogen and oxygen atoms in total. The molecule has 0 spiro atoms. The minimum absolute atomic E-state index is 0.0396. The molecule has 0 heterocycles. The Labute approximate surface area is 51.0 Å². The van der Waals surface area contributed by atoms with Crippen LogP contribution in [0, 0.1) is 0 Å². The zero-order chi connectivity index (χ0) is 7.11. The normalized spacial score (nSPS) is 13.9. The van der Waals surface area contributed by atoms with Crippen LogP contribution in [0.4, 0.5) is 13.2 Å². The van der Waals surface area contributed by atoms with Gasteiger partial charge < -0.3 is 0 Å². The molecule has 0 aliphatic carbocycles. The van der Waals surface area contributed by atoms with E-state index < -0.39 is 5.83 Å². The maximum absolute atomic E-state index is 11.9. The fourth-order valence-electron chi connectivity index (χ4n) is 0.244. The highest BCUT2D eigenvalue weighted by molar-refractivity contribution is 5.15. The molecule has 0 amide bonds. The lowest BCUT2D eigenvalue weighted by molar-refractivity contribution is 0.651. The van der Waals surface area contributed by atoms with Gasteiger partial charge in [-0.25, -0.2) is 13.2 Å². The highest BCUT2D eigenvalue weighted by atomic mass is 19.1. The zero-order valence-corrected chi connectivity index (χ0v) is 4.52. The van der Waals surface area contributed by atoms with Crippen LogP contribution in [0.15, 0.2) is 36.7 Å². The molecule has 0 atom stereocenters. The molecule has 0 aliphatic rings. The number of rotatable bonds is 2. The second-order valence-electron chi connectivity index (χ2n) is 1.16. The molecule has 0 saturated heterocycles. The summed E-state index contributed by atoms with van der Waals surface area (Å²) in [5.41, 5.74) is 0. The van der Waals surface area contributed by atoms with Gasteiger partial charge in [0.2, 0.25) is 0 Å². The molecule has 9 heavy (non-hydrogen) atoms. The fraction of sp³-hybridized carbons (Fsp3) is 0. The molecule has 0 unspecified atom stereocenters. The summed E-state index contributed by atoms with van der Waals surface area (Å²) >= 11 is 0. The summed E-state index contributed by atoms with van der Waals surface area (Å²) in [6.07, 6.45) is 2.41. The molecule has 0 aromatic heterocycles. The largest absolute Gasteiger partial charge is 0.216 e. The van der Waals surface area contributed by atoms with Crippen LogP contribution in [-0.2, 0) is 0 Å². The summed E-state index contributed by atoms with van der Waals surface area (Å²) in [7, 11) is 0. The van der Waals surface area contributed by atoms with E-state index in [-0.39, 0.29) is 12.7 Å². The number of hydrogen-bond acceptors (Lipinski definition) is 0. The third-order valence-electron chi connectivity index (χ3n) is 0.550. The van der Waals surface area contributed by atoms with Gasteiger partial charge in [-0.1, -0.05) is 0 Å². The molecule has 0 radical (unpaired) electrons. The Kier molecular flexibility index (Phi) is 4.59. The molecule has 0 rings (SSSR count). The molecule has 50 valence electrons. The van der Waals surface area contributed by atoms with E-state index in [9.17, 15) is 13.2 Å². The number of halogens is 3. The maximum atomic E-state index is 11.9. The van der Waals surface area contributed by atoms with Crippen LogP contribution >= 0.6 is 0 Å². The van der Waals surface area contributed by atoms with Gasteiger partial charge >= 0.3 is 0 Å². The first-order valence-corrected chi connectivity index (χ1v) is 2.20. The van der Waals surface area contributed by atoms with E-state index >= 15 is 0 Å². The minimum Gasteiger partial charge on any atom is -0.216 e. The van der Waals surface area contributed by atoms with Crippen LogP contribution in [0.5, 0.6) is 0 Å². The second-order valence-corrected chi connectivity index (χ2v) is 1.16. The Morgan fingerprint density at radius 1 is 1.11 bits per heavy atom. The standard InChI is InChI=1S/C6H5F3/c7-4-1-2-6(9)3-5-8/h1-5H/b4-1+,5-3+,6-2+. The molecule has 0 aliphatic heterocycles. The predicted molar refractivity (Wildman–Crippen MR) is 29.7 cm³/mol. The zero-order valence-electron chi connectivity index (χ0n) is 4.52. The van der Waals surface area contributed by atoms with Crippen LogP contribution in [0.25, 0.3) is 0 Å². The van der Waals surface area contributed by atoms with E-state index in [0.29, 0.717) is 6.08 Å². The van der Waals surface area contributed by atoms with Crippen LogP contribution < -0.4 is 0 Å². The average molecular weight is 134 g/mol. The molecule has 0 fully saturated rings. The van der Waals surface area contributed by atoms with Crippen molar-refractivity contribution in [2.75, 3.05) is 0 Å². The highest BCUT2D eigenvalue weighted by Crippen LogP contribution is 1.98. The van der Waals surface area contributed by atoms with Crippen molar-refractivity contribution in [3.8, 4) is 0 Å². The summed E-state index contributed by atoms with van der Waals surface area (Å²) in [5, 5.41) is 0. The Bertz CT molecular complexity index is 144. The first-order valence-electron chi connectivity index (χ1n) is 2.20. The molecule has 0 aromatic rings. The Balaban J connectivity index is 3.84. The number of allylic oxidation sites excluding steroid dienone is 4. The van der Waals surface area contributed by atoms with Crippen molar-refractivity contribution < 1.29 is 13.2 Å². The van der Waals surface area contributed by atoms with E-state index in [1.807, 2.05) is 0 Å². The van der Waals surface area contributed by atoms with Gasteiger partial charge in [0, 0.05) is 6.08 Å². The van der Waals surface area contributed by atoms with Crippen molar-refractivity contribution in [1.29, 1.82) is 0 Å². The summed E-state index contributed by atoms with van der Waals surface area (Å²) in [6, 6.07) is 0. The quantitative estimate of drug-likeness (QED) is 0.509. The van der Waals surface area contributed by atoms with Crippen molar-refractivity contribution in [2.24, 2.45) is 0 Å². The van der Waals surface area contributed by atoms with E-state index in [4.69, 9.17) is 0 Å². The molecule has 0 saturated carbocycles. The molecule has 0 aromatic carbocycles. The lowest BCUT2D eigenvalue weighted by atomic mass is 10.4. The van der Waals surface area contributed by atoms with Crippen molar-refractivity contribution in [1.82, 2.24) is 0 Å². The third kappa shape index (κ3) is 4.87. The maximum Gasteiger partial charge on any atom is 0.125 e. The summed E-state index contributed by atoms with van der Waals surface area (Å²) in [4.78, 5) is 0. The number of hydrogen-bond donors (Lipinski definition) is 0. The van der Waals surface area contributed by atoms with Crippen molar-refractivity contribution in [2.45, 2.75) is 0 Å². The van der Waals surface area contributed by atoms with Gasteiger partial charge in [-0.2, -0.15) is 0 Å². The van der Waals surface area contributed by atoms with E-state index in [2.05, 4.69) is 0 Å². The van der Waals surface area contributed by atoms with Crippen molar-refractivity contribution >= 4 is 0 Å². The predicted octanol–water partition coefficient (Wildman–Crippen LogP) is 2.81. The third-order valence-corrected chi connectivity index (χ3v) is 0.550. The summed E-state index contributed by atoms with van der Waals surface area (Å²) < 4.78 is 34.1. The van der Waals surface area contributed by atoms with Gasteiger partial charge in [-0.15, -0.1) is 0 Å². The smallest absolute Gasteiger partial charge is 0.125 e. The van der Waals surface area contributed by atoms with E-state index in [1.165, 1.54) is 0 Å². The molecule has 0 N–H and O–H groups in total. The Morgan fingerprint density at radius 3 is 2.22 bits per heavy atom. The van der Waals surface area contributed by atoms with E-state index in [0.717, 1.165) is 12.2 Å². The molecular weight excluding hydrogens is 129 g/mol. The van der Waals surface area contributed by atoms with Crippen LogP contribution in [0.3, 0.4) is 0 Å². The van der Waals surface area contributed by atoms with Crippen LogP contribution in [0.2, 0.25) is 0 Å². The topological polar surface area (TPSA) is 0 Å². The van der Waals surface area contributed by atoms with Crippen molar-refractivity contribution in [3.05, 3.63) is 36.7 Å². The average Bonchev–Trinajstić information content (AvgIpc) is 1.85. The van der Waals surface area contributed by atoms with Crippen LogP contribution in [0.1, 0.15) is 0 Å². The summed E-state index contributed by atoms with van der Waals surface area (Å²) in [5.74, 6) is -0.827. The Hall–Kier alpha value is -0.990. The van der Waals surface area contributed by atoms with Gasteiger partial charge in [0.1, 0.15) is 5.83 Å². The first-order chi connectivity index (χ1) is 4.31. The van der Waals surface area contributed by atoms with Gasteiger partial charge in [0.05, 0.1) is 12.7 Å². The monoisotopic (exact) mass is 134 g/mol. The van der Waals surface area contributed by atoms with Crippen LogP contribution in [-0.4, -0.2) is 0 Å². The SMILES string of the molecule is F/C=C/C=C(F)\C=C\F. The van der Waals surface area contributed by atoms with Gasteiger partial charge in [-0.3, -0.25) is 0 Å². The highest BCUT2D eigenvalue weighted by Gasteiger charge is 1.80. The molecule has 3 heteroatoms. The lowest BCUT2D eigenvalue weighted by Gasteiger charge is -1.76. The fourth-order valence-corrected chi connectivity index (χ4v) is 0.244. The van der Waals surface area contributed by atoms with E-state index in [1.54, 1.807) is 0 Å². The Morgan fingerprint density at radius 2 is 1.78 bits per heavy atom. The van der Waals surface area contributed by atoms with Gasteiger partial charge in [0.25, 0.3) is 0 Å². The minimum atomic E-state index is -0.827. The lowest BCUT2D eigenvalue weighted by Crippen LogP contribution is -1.59. The first kappa shape index (κ1) is 8.01.